The van der Waals surface area contributed by atoms with Crippen molar-refractivity contribution in [3.05, 3.63) is 71.9 Å². The molecular weight excluding hydrogens is 538 g/mol. The summed E-state index contributed by atoms with van der Waals surface area (Å²) in [5.74, 6) is -0.858. The molecule has 0 radical (unpaired) electrons. The molecule has 0 saturated carbocycles. The predicted octanol–water partition coefficient (Wildman–Crippen LogP) is 2.78. The Kier molecular flexibility index (Phi) is 8.34. The molecule has 0 bridgehead atoms. The zero-order valence-electron chi connectivity index (χ0n) is 21.6. The van der Waals surface area contributed by atoms with E-state index in [4.69, 9.17) is 0 Å². The molecule has 2 aromatic carbocycles. The van der Waals surface area contributed by atoms with Crippen LogP contribution in [0.1, 0.15) is 25.8 Å². The van der Waals surface area contributed by atoms with Gasteiger partial charge in [-0.2, -0.15) is 14.7 Å². The monoisotopic (exact) mass is 567 g/mol. The fraction of sp³-hybridized carbons (Fsp3) is 0.296. The molecule has 1 N–H and O–H groups in total. The molecule has 1 aromatic heterocycles. The Morgan fingerprint density at radius 1 is 1.18 bits per heavy atom. The van der Waals surface area contributed by atoms with E-state index in [-0.39, 0.29) is 28.4 Å². The standard InChI is InChI=1S/C27H29N5O5S2/c1-3-31(4-2)39(36,37)25-12-8-9-20(16-25)26-22(18-32(30-26)24-10-6-5-7-11-24)15-21(17-28)27(33)29-23-13-14-38(34,35)19-23/h5-12,15-16,18,23H,3-4,13-14,19H2,1-2H3,(H,29,33)/b21-15-. The molecule has 3 aromatic rings. The van der Waals surface area contributed by atoms with Gasteiger partial charge in [-0.1, -0.05) is 44.2 Å². The van der Waals surface area contributed by atoms with Gasteiger partial charge in [0.15, 0.2) is 9.84 Å². The van der Waals surface area contributed by atoms with E-state index in [1.165, 1.54) is 22.5 Å². The Labute approximate surface area is 228 Å². The molecule has 1 fully saturated rings. The molecule has 12 heteroatoms. The fourth-order valence-electron chi connectivity index (χ4n) is 4.42. The predicted molar refractivity (Wildman–Crippen MR) is 148 cm³/mol. The van der Waals surface area contributed by atoms with Crippen LogP contribution in [0, 0.1) is 11.3 Å². The average molecular weight is 568 g/mol. The second-order valence-corrected chi connectivity index (χ2v) is 13.2. The highest BCUT2D eigenvalue weighted by atomic mass is 32.2. The van der Waals surface area contributed by atoms with Crippen molar-refractivity contribution in [2.75, 3.05) is 24.6 Å². The van der Waals surface area contributed by atoms with Gasteiger partial charge in [0.05, 0.1) is 22.1 Å². The number of aromatic nitrogens is 2. The Morgan fingerprint density at radius 2 is 1.90 bits per heavy atom. The van der Waals surface area contributed by atoms with E-state index >= 15 is 0 Å². The van der Waals surface area contributed by atoms with E-state index in [0.717, 1.165) is 5.69 Å². The molecular formula is C27H29N5O5S2. The molecule has 1 amide bonds. The third-order valence-electron chi connectivity index (χ3n) is 6.45. The van der Waals surface area contributed by atoms with Crippen molar-refractivity contribution in [3.63, 3.8) is 0 Å². The smallest absolute Gasteiger partial charge is 0.262 e. The van der Waals surface area contributed by atoms with Crippen molar-refractivity contribution in [2.24, 2.45) is 0 Å². The number of carbonyl (C=O) groups is 1. The summed E-state index contributed by atoms with van der Waals surface area (Å²) in [7, 11) is -6.95. The third kappa shape index (κ3) is 6.27. The lowest BCUT2D eigenvalue weighted by atomic mass is 10.1. The molecule has 4 rings (SSSR count). The number of nitrogens with one attached hydrogen (secondary N) is 1. The van der Waals surface area contributed by atoms with Crippen LogP contribution in [0.4, 0.5) is 0 Å². The van der Waals surface area contributed by atoms with E-state index in [1.54, 1.807) is 36.9 Å². The second kappa shape index (κ2) is 11.5. The van der Waals surface area contributed by atoms with Crippen LogP contribution >= 0.6 is 0 Å². The molecule has 1 aliphatic heterocycles. The van der Waals surface area contributed by atoms with Gasteiger partial charge >= 0.3 is 0 Å². The molecule has 10 nitrogen and oxygen atoms in total. The quantitative estimate of drug-likeness (QED) is 0.309. The number of rotatable bonds is 9. The van der Waals surface area contributed by atoms with Crippen LogP contribution in [0.15, 0.2) is 71.3 Å². The van der Waals surface area contributed by atoms with Gasteiger partial charge in [-0.3, -0.25) is 4.79 Å². The zero-order valence-corrected chi connectivity index (χ0v) is 23.2. The number of benzene rings is 2. The van der Waals surface area contributed by atoms with Crippen LogP contribution in [-0.4, -0.2) is 67.5 Å². The second-order valence-electron chi connectivity index (χ2n) is 9.07. The molecule has 0 spiro atoms. The average Bonchev–Trinajstić information content (AvgIpc) is 3.50. The first-order chi connectivity index (χ1) is 18.6. The Balaban J connectivity index is 1.78. The summed E-state index contributed by atoms with van der Waals surface area (Å²) >= 11 is 0. The summed E-state index contributed by atoms with van der Waals surface area (Å²) in [4.78, 5) is 13.0. The first-order valence-corrected chi connectivity index (χ1v) is 15.7. The van der Waals surface area contributed by atoms with E-state index in [0.29, 0.717) is 29.9 Å². The minimum Gasteiger partial charge on any atom is -0.348 e. The molecule has 2 heterocycles. The van der Waals surface area contributed by atoms with Crippen LogP contribution in [0.5, 0.6) is 0 Å². The van der Waals surface area contributed by atoms with Gasteiger partial charge in [0.2, 0.25) is 10.0 Å². The van der Waals surface area contributed by atoms with E-state index in [2.05, 4.69) is 10.4 Å². The van der Waals surface area contributed by atoms with Crippen LogP contribution in [0.25, 0.3) is 23.0 Å². The number of para-hydroxylation sites is 1. The Bertz CT molecular complexity index is 1650. The maximum atomic E-state index is 13.2. The highest BCUT2D eigenvalue weighted by Crippen LogP contribution is 2.29. The Hall–Kier alpha value is -3.79. The number of nitriles is 1. The van der Waals surface area contributed by atoms with Gasteiger partial charge in [-0.05, 0) is 36.8 Å². The SMILES string of the molecule is CCN(CC)S(=O)(=O)c1cccc(-c2nn(-c3ccccc3)cc2/C=C(/C#N)C(=O)NC2CCS(=O)(=O)C2)c1. The molecule has 1 atom stereocenters. The normalized spacial score (nSPS) is 17.2. The largest absolute Gasteiger partial charge is 0.348 e. The lowest BCUT2D eigenvalue weighted by Gasteiger charge is -2.18. The van der Waals surface area contributed by atoms with Gasteiger partial charge in [-0.25, -0.2) is 21.5 Å². The first-order valence-electron chi connectivity index (χ1n) is 12.5. The van der Waals surface area contributed by atoms with Gasteiger partial charge in [0.1, 0.15) is 17.3 Å². The summed E-state index contributed by atoms with van der Waals surface area (Å²) in [6, 6.07) is 16.9. The van der Waals surface area contributed by atoms with Crippen LogP contribution in [0.3, 0.4) is 0 Å². The van der Waals surface area contributed by atoms with Gasteiger partial charge < -0.3 is 5.32 Å². The molecule has 204 valence electrons. The highest BCUT2D eigenvalue weighted by molar-refractivity contribution is 7.91. The van der Waals surface area contributed by atoms with E-state index < -0.39 is 31.8 Å². The summed E-state index contributed by atoms with van der Waals surface area (Å²) in [5.41, 5.74) is 1.79. The first kappa shape index (κ1) is 28.2. The Morgan fingerprint density at radius 3 is 2.51 bits per heavy atom. The lowest BCUT2D eigenvalue weighted by molar-refractivity contribution is -0.117. The van der Waals surface area contributed by atoms with Crippen LogP contribution < -0.4 is 5.32 Å². The van der Waals surface area contributed by atoms with Crippen LogP contribution in [-0.2, 0) is 24.7 Å². The number of nitrogens with zero attached hydrogens (tertiary/aromatic N) is 4. The number of sulfone groups is 1. The van der Waals surface area contributed by atoms with Crippen molar-refractivity contribution in [3.8, 4) is 23.0 Å². The summed E-state index contributed by atoms with van der Waals surface area (Å²) in [5, 5.41) is 17.1. The maximum absolute atomic E-state index is 13.2. The molecule has 1 aliphatic rings. The van der Waals surface area contributed by atoms with Gasteiger partial charge in [0.25, 0.3) is 5.91 Å². The molecule has 0 aliphatic carbocycles. The number of sulfonamides is 1. The molecule has 39 heavy (non-hydrogen) atoms. The number of hydrogen-bond donors (Lipinski definition) is 1. The van der Waals surface area contributed by atoms with E-state index in [1.807, 2.05) is 36.4 Å². The number of hydrogen-bond acceptors (Lipinski definition) is 7. The molecule has 1 unspecified atom stereocenters. The summed E-state index contributed by atoms with van der Waals surface area (Å²) < 4.78 is 52.8. The number of amides is 1. The van der Waals surface area contributed by atoms with Gasteiger partial charge in [0, 0.05) is 36.5 Å². The van der Waals surface area contributed by atoms with Crippen LogP contribution in [0.2, 0.25) is 0 Å². The molecule has 1 saturated heterocycles. The topological polar surface area (TPSA) is 142 Å². The minimum atomic E-state index is -3.74. The van der Waals surface area contributed by atoms with Crippen molar-refractivity contribution < 1.29 is 21.6 Å². The van der Waals surface area contributed by atoms with Crippen molar-refractivity contribution in [2.45, 2.75) is 31.2 Å². The number of carbonyl (C=O) groups excluding carboxylic acids is 1. The van der Waals surface area contributed by atoms with E-state index in [9.17, 15) is 26.9 Å². The van der Waals surface area contributed by atoms with Gasteiger partial charge in [-0.15, -0.1) is 0 Å². The van der Waals surface area contributed by atoms with Crippen molar-refractivity contribution in [1.29, 1.82) is 5.26 Å². The lowest BCUT2D eigenvalue weighted by Crippen LogP contribution is -2.36. The fourth-order valence-corrected chi connectivity index (χ4v) is 7.60. The van der Waals surface area contributed by atoms with Crippen molar-refractivity contribution in [1.82, 2.24) is 19.4 Å². The summed E-state index contributed by atoms with van der Waals surface area (Å²) in [6.45, 7) is 4.18. The third-order valence-corrected chi connectivity index (χ3v) is 10.3. The van der Waals surface area contributed by atoms with Crippen molar-refractivity contribution >= 4 is 31.8 Å². The zero-order chi connectivity index (χ0) is 28.2. The highest BCUT2D eigenvalue weighted by Gasteiger charge is 2.30. The summed E-state index contributed by atoms with van der Waals surface area (Å²) in [6.07, 6.45) is 3.32. The maximum Gasteiger partial charge on any atom is 0.262 e. The minimum absolute atomic E-state index is 0.00964.